The maximum absolute atomic E-state index is 13.5. The van der Waals surface area contributed by atoms with Gasteiger partial charge in [-0.1, -0.05) is 48.0 Å². The summed E-state index contributed by atoms with van der Waals surface area (Å²) in [4.78, 5) is 0. The van der Waals surface area contributed by atoms with Crippen LogP contribution in [-0.2, 0) is 6.18 Å². The first-order chi connectivity index (χ1) is 12.8. The number of rotatable bonds is 4. The maximum atomic E-state index is 13.5. The van der Waals surface area contributed by atoms with Crippen LogP contribution in [0.4, 0.5) is 13.2 Å². The van der Waals surface area contributed by atoms with Crippen molar-refractivity contribution in [2.75, 3.05) is 0 Å². The smallest absolute Gasteiger partial charge is 0.423 e. The van der Waals surface area contributed by atoms with Gasteiger partial charge in [0.15, 0.2) is 11.5 Å². The molecular weight excluding hydrogens is 381 g/mol. The molecule has 3 rings (SSSR count). The van der Waals surface area contributed by atoms with E-state index < -0.39 is 28.3 Å². The average molecular weight is 395 g/mol. The third kappa shape index (κ3) is 4.11. The molecule has 0 saturated heterocycles. The Kier molecular flexibility index (Phi) is 5.19. The Morgan fingerprint density at radius 1 is 0.889 bits per heavy atom. The van der Waals surface area contributed by atoms with Crippen LogP contribution in [0.3, 0.4) is 0 Å². The molecule has 0 bridgehead atoms. The van der Waals surface area contributed by atoms with Gasteiger partial charge in [-0.2, -0.15) is 13.2 Å². The molecular formula is C20H14ClF3O3. The molecule has 3 aromatic carbocycles. The summed E-state index contributed by atoms with van der Waals surface area (Å²) in [5.41, 5.74) is -0.619. The van der Waals surface area contributed by atoms with Gasteiger partial charge in [0.1, 0.15) is 27.8 Å². The lowest BCUT2D eigenvalue weighted by atomic mass is 10.1. The molecule has 1 N–H and O–H groups in total. The van der Waals surface area contributed by atoms with Gasteiger partial charge < -0.3 is 14.6 Å². The first-order valence-corrected chi connectivity index (χ1v) is 8.24. The molecule has 27 heavy (non-hydrogen) atoms. The van der Waals surface area contributed by atoms with Gasteiger partial charge in [-0.3, -0.25) is 0 Å². The maximum Gasteiger partial charge on any atom is 0.423 e. The minimum absolute atomic E-state index is 0.136. The average Bonchev–Trinajstić information content (AvgIpc) is 2.60. The molecule has 0 radical (unpaired) electrons. The van der Waals surface area contributed by atoms with Gasteiger partial charge in [-0.15, -0.1) is 0 Å². The molecule has 3 nitrogen and oxygen atoms in total. The normalized spacial score (nSPS) is 11.3. The molecule has 0 atom stereocenters. The largest absolute Gasteiger partial charge is 0.507 e. The molecule has 0 aliphatic rings. The minimum Gasteiger partial charge on any atom is -0.507 e. The van der Waals surface area contributed by atoms with Gasteiger partial charge in [0.05, 0.1) is 0 Å². The molecule has 0 aliphatic heterocycles. The second-order valence-corrected chi connectivity index (χ2v) is 6.07. The van der Waals surface area contributed by atoms with E-state index in [0.717, 1.165) is 11.6 Å². The summed E-state index contributed by atoms with van der Waals surface area (Å²) in [6, 6.07) is 15.6. The van der Waals surface area contributed by atoms with Crippen LogP contribution in [0.25, 0.3) is 0 Å². The van der Waals surface area contributed by atoms with Crippen LogP contribution in [0.15, 0.2) is 60.7 Å². The number of halogens is 4. The number of hydrogen-bond acceptors (Lipinski definition) is 3. The Hall–Kier alpha value is -2.86. The van der Waals surface area contributed by atoms with Gasteiger partial charge in [0.25, 0.3) is 0 Å². The van der Waals surface area contributed by atoms with Crippen LogP contribution in [0.1, 0.15) is 11.1 Å². The van der Waals surface area contributed by atoms with Gasteiger partial charge >= 0.3 is 6.18 Å². The fourth-order valence-electron chi connectivity index (χ4n) is 2.44. The molecule has 0 spiro atoms. The Balaban J connectivity index is 2.13. The van der Waals surface area contributed by atoms with E-state index in [1.165, 1.54) is 12.1 Å². The quantitative estimate of drug-likeness (QED) is 0.520. The van der Waals surface area contributed by atoms with Crippen molar-refractivity contribution >= 4 is 11.6 Å². The second kappa shape index (κ2) is 7.40. The third-order valence-electron chi connectivity index (χ3n) is 3.73. The number of aryl methyl sites for hydroxylation is 1. The summed E-state index contributed by atoms with van der Waals surface area (Å²) in [5, 5.41) is 9.62. The van der Waals surface area contributed by atoms with E-state index >= 15 is 0 Å². The first-order valence-electron chi connectivity index (χ1n) is 7.86. The van der Waals surface area contributed by atoms with Gasteiger partial charge in [0, 0.05) is 6.07 Å². The van der Waals surface area contributed by atoms with Crippen LogP contribution in [0.5, 0.6) is 28.7 Å². The summed E-state index contributed by atoms with van der Waals surface area (Å²) < 4.78 is 51.4. The van der Waals surface area contributed by atoms with Gasteiger partial charge in [-0.25, -0.2) is 0 Å². The highest BCUT2D eigenvalue weighted by molar-refractivity contribution is 6.33. The Bertz CT molecular complexity index is 957. The summed E-state index contributed by atoms with van der Waals surface area (Å²) in [6.07, 6.45) is -4.88. The Labute approximate surface area is 158 Å². The van der Waals surface area contributed by atoms with E-state index in [9.17, 15) is 18.3 Å². The Morgan fingerprint density at radius 3 is 2.15 bits per heavy atom. The number of hydrogen-bond donors (Lipinski definition) is 1. The van der Waals surface area contributed by atoms with Crippen LogP contribution in [-0.4, -0.2) is 5.11 Å². The Morgan fingerprint density at radius 2 is 1.52 bits per heavy atom. The van der Waals surface area contributed by atoms with Crippen LogP contribution >= 0.6 is 11.6 Å². The summed E-state index contributed by atoms with van der Waals surface area (Å²) >= 11 is 6.18. The zero-order valence-corrected chi connectivity index (χ0v) is 14.8. The molecule has 0 aliphatic carbocycles. The van der Waals surface area contributed by atoms with E-state index in [1.54, 1.807) is 49.4 Å². The molecule has 0 unspecified atom stereocenters. The molecule has 0 saturated carbocycles. The molecule has 140 valence electrons. The van der Waals surface area contributed by atoms with Crippen molar-refractivity contribution in [1.29, 1.82) is 0 Å². The molecule has 0 heterocycles. The lowest BCUT2D eigenvalue weighted by molar-refractivity contribution is -0.139. The topological polar surface area (TPSA) is 38.7 Å². The third-order valence-corrected chi connectivity index (χ3v) is 4.08. The molecule has 0 amide bonds. The minimum atomic E-state index is -4.88. The number of phenolic OH excluding ortho intramolecular Hbond substituents is 1. The van der Waals surface area contributed by atoms with Crippen molar-refractivity contribution in [1.82, 2.24) is 0 Å². The molecule has 7 heteroatoms. The first kappa shape index (κ1) is 18.9. The highest BCUT2D eigenvalue weighted by Crippen LogP contribution is 2.51. The van der Waals surface area contributed by atoms with Crippen molar-refractivity contribution in [2.24, 2.45) is 0 Å². The van der Waals surface area contributed by atoms with E-state index in [0.29, 0.717) is 5.75 Å². The number of alkyl halides is 3. The van der Waals surface area contributed by atoms with Crippen molar-refractivity contribution in [3.8, 4) is 28.7 Å². The molecule has 0 fully saturated rings. The number of ether oxygens (including phenoxy) is 2. The van der Waals surface area contributed by atoms with Gasteiger partial charge in [-0.05, 0) is 30.7 Å². The van der Waals surface area contributed by atoms with Crippen molar-refractivity contribution in [2.45, 2.75) is 13.1 Å². The molecule has 3 aromatic rings. The van der Waals surface area contributed by atoms with Crippen molar-refractivity contribution in [3.63, 3.8) is 0 Å². The van der Waals surface area contributed by atoms with Crippen LogP contribution in [0, 0.1) is 6.92 Å². The zero-order chi connectivity index (χ0) is 19.6. The summed E-state index contributed by atoms with van der Waals surface area (Å²) in [6.45, 7) is 1.77. The predicted octanol–water partition coefficient (Wildman–Crippen LogP) is 6.96. The number of aromatic hydroxyl groups is 1. The highest BCUT2D eigenvalue weighted by Gasteiger charge is 2.40. The van der Waals surface area contributed by atoms with E-state index in [1.807, 2.05) is 0 Å². The van der Waals surface area contributed by atoms with E-state index in [4.69, 9.17) is 21.1 Å². The number of para-hydroxylation sites is 2. The predicted molar refractivity (Wildman–Crippen MR) is 95.9 cm³/mol. The monoisotopic (exact) mass is 394 g/mol. The summed E-state index contributed by atoms with van der Waals surface area (Å²) in [7, 11) is 0. The fraction of sp³-hybridized carbons (Fsp3) is 0.100. The molecule has 0 aromatic heterocycles. The van der Waals surface area contributed by atoms with Crippen LogP contribution < -0.4 is 9.47 Å². The van der Waals surface area contributed by atoms with Crippen molar-refractivity contribution in [3.05, 3.63) is 76.8 Å². The van der Waals surface area contributed by atoms with E-state index in [-0.39, 0.29) is 11.5 Å². The zero-order valence-electron chi connectivity index (χ0n) is 14.0. The SMILES string of the molecule is Cc1ccccc1Oc1cc(O)c(C(F)(F)F)c(Oc2ccccc2)c1Cl. The number of benzene rings is 3. The van der Waals surface area contributed by atoms with Crippen LogP contribution in [0.2, 0.25) is 5.02 Å². The fourth-order valence-corrected chi connectivity index (χ4v) is 2.66. The highest BCUT2D eigenvalue weighted by atomic mass is 35.5. The van der Waals surface area contributed by atoms with E-state index in [2.05, 4.69) is 0 Å². The lowest BCUT2D eigenvalue weighted by Crippen LogP contribution is -2.08. The van der Waals surface area contributed by atoms with Crippen molar-refractivity contribution < 1.29 is 27.8 Å². The second-order valence-electron chi connectivity index (χ2n) is 5.69. The lowest BCUT2D eigenvalue weighted by Gasteiger charge is -2.19. The summed E-state index contributed by atoms with van der Waals surface area (Å²) in [5.74, 6) is -1.38. The number of phenols is 1. The van der Waals surface area contributed by atoms with Gasteiger partial charge in [0.2, 0.25) is 0 Å². The standard InChI is InChI=1S/C20H14ClF3O3/c1-12-7-5-6-10-15(12)27-16-11-14(25)17(20(22,23)24)19(18(16)21)26-13-8-3-2-4-9-13/h2-11,25H,1H3.